The Morgan fingerprint density at radius 3 is 2.65 bits per heavy atom. The summed E-state index contributed by atoms with van der Waals surface area (Å²) in [6.45, 7) is 4.44. The Morgan fingerprint density at radius 2 is 1.85 bits per heavy atom. The van der Waals surface area contributed by atoms with Gasteiger partial charge in [0.05, 0.1) is 5.92 Å². The fourth-order valence-corrected chi connectivity index (χ4v) is 6.60. The summed E-state index contributed by atoms with van der Waals surface area (Å²) in [6, 6.07) is 0. The third-order valence-electron chi connectivity index (χ3n) is 7.28. The maximum Gasteiger partial charge on any atom is 0.309 e. The summed E-state index contributed by atoms with van der Waals surface area (Å²) < 4.78 is 5.88. The lowest BCUT2D eigenvalue weighted by molar-refractivity contribution is -0.148. The zero-order valence-electron chi connectivity index (χ0n) is 12.9. The predicted octanol–water partition coefficient (Wildman–Crippen LogP) is 4.04. The molecular weight excluding hydrogens is 248 g/mol. The van der Waals surface area contributed by atoms with Crippen molar-refractivity contribution in [2.45, 2.75) is 64.9 Å². The summed E-state index contributed by atoms with van der Waals surface area (Å²) in [5, 5.41) is 0. The van der Waals surface area contributed by atoms with Gasteiger partial charge >= 0.3 is 5.97 Å². The van der Waals surface area contributed by atoms with Gasteiger partial charge in [-0.15, -0.1) is 0 Å². The van der Waals surface area contributed by atoms with E-state index in [1.807, 2.05) is 0 Å². The smallest absolute Gasteiger partial charge is 0.309 e. The van der Waals surface area contributed by atoms with Crippen molar-refractivity contribution in [2.75, 3.05) is 0 Å². The highest BCUT2D eigenvalue weighted by atomic mass is 16.6. The van der Waals surface area contributed by atoms with Crippen molar-refractivity contribution in [1.82, 2.24) is 0 Å². The fourth-order valence-electron chi connectivity index (χ4n) is 6.60. The van der Waals surface area contributed by atoms with Gasteiger partial charge in [0, 0.05) is 5.92 Å². The van der Waals surface area contributed by atoms with E-state index in [-0.39, 0.29) is 18.0 Å². The lowest BCUT2D eigenvalue weighted by Gasteiger charge is -2.48. The van der Waals surface area contributed by atoms with Crippen molar-refractivity contribution >= 4 is 5.97 Å². The average Bonchev–Trinajstić information content (AvgIpc) is 2.89. The number of carbonyl (C=O) groups excluding carboxylic acids is 1. The molecule has 112 valence electrons. The molecule has 3 saturated carbocycles. The van der Waals surface area contributed by atoms with E-state index in [4.69, 9.17) is 4.74 Å². The molecular formula is C18H28O2. The first kappa shape index (κ1) is 13.2. The molecule has 0 aromatic carbocycles. The molecule has 0 amide bonds. The molecule has 0 spiro atoms. The highest BCUT2D eigenvalue weighted by Gasteiger charge is 2.60. The summed E-state index contributed by atoms with van der Waals surface area (Å²) in [6.07, 6.45) is 9.93. The zero-order chi connectivity index (χ0) is 13.9. The molecule has 2 nitrogen and oxygen atoms in total. The van der Waals surface area contributed by atoms with E-state index < -0.39 is 0 Å². The third kappa shape index (κ3) is 1.66. The maximum atomic E-state index is 12.1. The second-order valence-electron chi connectivity index (χ2n) is 7.87. The van der Waals surface area contributed by atoms with Crippen molar-refractivity contribution in [1.29, 1.82) is 0 Å². The molecule has 0 radical (unpaired) electrons. The summed E-state index contributed by atoms with van der Waals surface area (Å²) in [5.74, 6) is 4.95. The number of hydrogen-bond donors (Lipinski definition) is 0. The van der Waals surface area contributed by atoms with Gasteiger partial charge in [-0.2, -0.15) is 0 Å². The molecule has 4 rings (SSSR count). The fraction of sp³-hybridized carbons (Fsp3) is 0.944. The molecule has 0 N–H and O–H groups in total. The Bertz CT molecular complexity index is 404. The Kier molecular flexibility index (Phi) is 3.12. The number of esters is 1. The minimum atomic E-state index is 0.0957. The van der Waals surface area contributed by atoms with Gasteiger partial charge in [-0.1, -0.05) is 33.1 Å². The number of hydrogen-bond acceptors (Lipinski definition) is 2. The van der Waals surface area contributed by atoms with Crippen LogP contribution in [0.15, 0.2) is 0 Å². The Morgan fingerprint density at radius 1 is 1.05 bits per heavy atom. The molecule has 1 heterocycles. The molecule has 20 heavy (non-hydrogen) atoms. The van der Waals surface area contributed by atoms with Crippen LogP contribution in [0.5, 0.6) is 0 Å². The van der Waals surface area contributed by atoms with E-state index in [1.54, 1.807) is 0 Å². The molecule has 4 aliphatic rings. The van der Waals surface area contributed by atoms with Gasteiger partial charge in [0.1, 0.15) is 6.10 Å². The normalized spacial score (nSPS) is 54.0. The molecule has 1 saturated heterocycles. The maximum absolute atomic E-state index is 12.1. The summed E-state index contributed by atoms with van der Waals surface area (Å²) in [7, 11) is 0. The Labute approximate surface area is 122 Å². The summed E-state index contributed by atoms with van der Waals surface area (Å²) in [4.78, 5) is 12.1. The largest absolute Gasteiger partial charge is 0.462 e. The van der Waals surface area contributed by atoms with E-state index in [0.717, 1.165) is 23.7 Å². The topological polar surface area (TPSA) is 26.3 Å². The van der Waals surface area contributed by atoms with Crippen LogP contribution in [0.2, 0.25) is 0 Å². The van der Waals surface area contributed by atoms with Crippen molar-refractivity contribution in [3.8, 4) is 0 Å². The van der Waals surface area contributed by atoms with Crippen LogP contribution in [0.25, 0.3) is 0 Å². The number of rotatable bonds is 1. The van der Waals surface area contributed by atoms with Crippen LogP contribution in [0, 0.1) is 41.4 Å². The monoisotopic (exact) mass is 276 g/mol. The predicted molar refractivity (Wildman–Crippen MR) is 78.0 cm³/mol. The van der Waals surface area contributed by atoms with Crippen molar-refractivity contribution < 1.29 is 9.53 Å². The van der Waals surface area contributed by atoms with Crippen LogP contribution in [0.1, 0.15) is 58.8 Å². The molecule has 3 aliphatic carbocycles. The van der Waals surface area contributed by atoms with Crippen molar-refractivity contribution in [3.05, 3.63) is 0 Å². The van der Waals surface area contributed by atoms with E-state index >= 15 is 0 Å². The number of carbonyl (C=O) groups is 1. The van der Waals surface area contributed by atoms with E-state index in [2.05, 4.69) is 13.8 Å². The lowest BCUT2D eigenvalue weighted by atomic mass is 9.57. The molecule has 0 aromatic rings. The summed E-state index contributed by atoms with van der Waals surface area (Å²) >= 11 is 0. The standard InChI is InChI=1S/C18H28O2/c1-3-12-13-7-5-4-6-11-8-9-14(16(11)13)15-10(2)18(19)20-17(12)15/h10-17H,3-9H2,1-2H3/t10-,11?,12+,13+,14-,15+,16+,17-/m0/s1. The van der Waals surface area contributed by atoms with Gasteiger partial charge in [0.15, 0.2) is 0 Å². The van der Waals surface area contributed by atoms with Gasteiger partial charge < -0.3 is 4.74 Å². The van der Waals surface area contributed by atoms with E-state index in [0.29, 0.717) is 11.8 Å². The second kappa shape index (κ2) is 4.74. The van der Waals surface area contributed by atoms with Crippen LogP contribution >= 0.6 is 0 Å². The van der Waals surface area contributed by atoms with Crippen molar-refractivity contribution in [2.24, 2.45) is 41.4 Å². The first-order valence-corrected chi connectivity index (χ1v) is 8.92. The molecule has 1 unspecified atom stereocenters. The second-order valence-corrected chi connectivity index (χ2v) is 7.87. The van der Waals surface area contributed by atoms with Gasteiger partial charge in [0.25, 0.3) is 0 Å². The lowest BCUT2D eigenvalue weighted by Crippen LogP contribution is -2.48. The van der Waals surface area contributed by atoms with Gasteiger partial charge in [-0.05, 0) is 55.3 Å². The van der Waals surface area contributed by atoms with Crippen LogP contribution in [0.3, 0.4) is 0 Å². The summed E-state index contributed by atoms with van der Waals surface area (Å²) in [5.41, 5.74) is 0. The quantitative estimate of drug-likeness (QED) is 0.676. The van der Waals surface area contributed by atoms with Crippen LogP contribution < -0.4 is 0 Å². The molecule has 4 fully saturated rings. The van der Waals surface area contributed by atoms with Gasteiger partial charge in [-0.3, -0.25) is 4.79 Å². The number of ether oxygens (including phenoxy) is 1. The minimum Gasteiger partial charge on any atom is -0.462 e. The van der Waals surface area contributed by atoms with Gasteiger partial charge in [0.2, 0.25) is 0 Å². The molecule has 0 aromatic heterocycles. The average molecular weight is 276 g/mol. The van der Waals surface area contributed by atoms with E-state index in [1.165, 1.54) is 44.9 Å². The Balaban J connectivity index is 1.74. The molecule has 0 bridgehead atoms. The third-order valence-corrected chi connectivity index (χ3v) is 7.28. The molecule has 8 atom stereocenters. The minimum absolute atomic E-state index is 0.0957. The van der Waals surface area contributed by atoms with Crippen LogP contribution in [-0.4, -0.2) is 12.1 Å². The zero-order valence-corrected chi connectivity index (χ0v) is 12.9. The van der Waals surface area contributed by atoms with Crippen LogP contribution in [0.4, 0.5) is 0 Å². The molecule has 2 heteroatoms. The van der Waals surface area contributed by atoms with Crippen molar-refractivity contribution in [3.63, 3.8) is 0 Å². The first-order chi connectivity index (χ1) is 9.72. The number of fused-ring (bicyclic) bond motifs is 2. The SMILES string of the molecule is CC[C@@H]1[C@H]2CCCCC3CC[C@H]([C@H]32)[C@@H]2[C@H]1OC(=O)[C@H]2C. The highest BCUT2D eigenvalue weighted by Crippen LogP contribution is 2.61. The Hall–Kier alpha value is -0.530. The first-order valence-electron chi connectivity index (χ1n) is 8.92. The van der Waals surface area contributed by atoms with E-state index in [9.17, 15) is 4.79 Å². The van der Waals surface area contributed by atoms with Crippen LogP contribution in [-0.2, 0) is 9.53 Å². The van der Waals surface area contributed by atoms with Gasteiger partial charge in [-0.25, -0.2) is 0 Å². The molecule has 1 aliphatic heterocycles. The highest BCUT2D eigenvalue weighted by molar-refractivity contribution is 5.75.